The number of anilines is 1. The van der Waals surface area contributed by atoms with E-state index in [1.165, 1.54) is 0 Å². The van der Waals surface area contributed by atoms with E-state index in [0.717, 1.165) is 17.0 Å². The van der Waals surface area contributed by atoms with Crippen LogP contribution in [0.1, 0.15) is 12.5 Å². The molecule has 0 unspecified atom stereocenters. The largest absolute Gasteiger partial charge is 0.399 e. The minimum Gasteiger partial charge on any atom is -0.399 e. The Hall–Kier alpha value is -1.51. The van der Waals surface area contributed by atoms with Gasteiger partial charge in [0, 0.05) is 12.7 Å². The minimum absolute atomic E-state index is 0.774. The van der Waals surface area contributed by atoms with Gasteiger partial charge in [-0.15, -0.1) is 0 Å². The maximum absolute atomic E-state index is 5.55. The average Bonchev–Trinajstić information content (AvgIpc) is 2.06. The highest BCUT2D eigenvalue weighted by Crippen LogP contribution is 2.05. The summed E-state index contributed by atoms with van der Waals surface area (Å²) in [5.74, 6) is 0. The molecular weight excluding hydrogens is 150 g/mol. The molecule has 64 valence electrons. The van der Waals surface area contributed by atoms with Crippen LogP contribution in [-0.2, 0) is 0 Å². The third-order valence-corrected chi connectivity index (χ3v) is 1.61. The first-order valence-corrected chi connectivity index (χ1v) is 3.81. The second kappa shape index (κ2) is 3.76. The normalized spacial score (nSPS) is 11.3. The van der Waals surface area contributed by atoms with E-state index in [-0.39, 0.29) is 0 Å². The van der Waals surface area contributed by atoms with Gasteiger partial charge >= 0.3 is 0 Å². The van der Waals surface area contributed by atoms with Crippen LogP contribution in [0.4, 0.5) is 5.69 Å². The maximum atomic E-state index is 5.55. The highest BCUT2D eigenvalue weighted by Gasteiger charge is 1.94. The average molecular weight is 163 g/mol. The molecule has 1 aromatic carbocycles. The summed E-state index contributed by atoms with van der Waals surface area (Å²) >= 11 is 0. The second-order valence-corrected chi connectivity index (χ2v) is 2.54. The molecule has 0 aliphatic heterocycles. The number of nitrogens with two attached hydrogens (primary N) is 1. The number of benzene rings is 1. The standard InChI is InChI=1S/C9H13N3/c1-7(12-11-2)8-3-5-9(10)6-4-8/h3-6,11H,10H2,1-2H3/b12-7-. The van der Waals surface area contributed by atoms with Gasteiger partial charge in [-0.2, -0.15) is 5.10 Å². The predicted octanol–water partition coefficient (Wildman–Crippen LogP) is 1.21. The first-order valence-electron chi connectivity index (χ1n) is 3.81. The Labute approximate surface area is 72.3 Å². The van der Waals surface area contributed by atoms with Gasteiger partial charge in [-0.05, 0) is 24.6 Å². The Balaban J connectivity index is 2.89. The SMILES string of the molecule is CN/N=C(/C)c1ccc(N)cc1. The Morgan fingerprint density at radius 1 is 1.33 bits per heavy atom. The van der Waals surface area contributed by atoms with E-state index in [4.69, 9.17) is 5.73 Å². The van der Waals surface area contributed by atoms with Crippen LogP contribution in [0.5, 0.6) is 0 Å². The number of hydrogen-bond donors (Lipinski definition) is 2. The van der Waals surface area contributed by atoms with Crippen LogP contribution >= 0.6 is 0 Å². The van der Waals surface area contributed by atoms with Crippen LogP contribution in [0.3, 0.4) is 0 Å². The number of nitrogens with zero attached hydrogens (tertiary/aromatic N) is 1. The van der Waals surface area contributed by atoms with Crippen molar-refractivity contribution in [2.24, 2.45) is 5.10 Å². The summed E-state index contributed by atoms with van der Waals surface area (Å²) < 4.78 is 0. The highest BCUT2D eigenvalue weighted by atomic mass is 15.3. The molecule has 0 fully saturated rings. The van der Waals surface area contributed by atoms with E-state index >= 15 is 0 Å². The lowest BCUT2D eigenvalue weighted by atomic mass is 10.1. The Morgan fingerprint density at radius 2 is 1.92 bits per heavy atom. The van der Waals surface area contributed by atoms with Gasteiger partial charge in [-0.3, -0.25) is 0 Å². The second-order valence-electron chi connectivity index (χ2n) is 2.54. The lowest BCUT2D eigenvalue weighted by Gasteiger charge is -2.00. The summed E-state index contributed by atoms with van der Waals surface area (Å²) in [5, 5.41) is 4.05. The van der Waals surface area contributed by atoms with Crippen molar-refractivity contribution in [3.63, 3.8) is 0 Å². The fourth-order valence-corrected chi connectivity index (χ4v) is 0.957. The lowest BCUT2D eigenvalue weighted by molar-refractivity contribution is 0.900. The molecule has 0 heterocycles. The van der Waals surface area contributed by atoms with Gasteiger partial charge < -0.3 is 11.2 Å². The summed E-state index contributed by atoms with van der Waals surface area (Å²) in [6, 6.07) is 7.63. The number of hydrogen-bond acceptors (Lipinski definition) is 3. The number of nitrogen functional groups attached to an aromatic ring is 1. The molecule has 3 nitrogen and oxygen atoms in total. The fourth-order valence-electron chi connectivity index (χ4n) is 0.957. The van der Waals surface area contributed by atoms with Gasteiger partial charge in [0.05, 0.1) is 5.71 Å². The van der Waals surface area contributed by atoms with Crippen LogP contribution in [0, 0.1) is 0 Å². The van der Waals surface area contributed by atoms with Crippen molar-refractivity contribution in [1.82, 2.24) is 5.43 Å². The Kier molecular flexibility index (Phi) is 2.69. The molecule has 0 spiro atoms. The molecule has 0 amide bonds. The van der Waals surface area contributed by atoms with Crippen LogP contribution in [0.25, 0.3) is 0 Å². The number of hydrazone groups is 1. The van der Waals surface area contributed by atoms with E-state index in [9.17, 15) is 0 Å². The van der Waals surface area contributed by atoms with Gasteiger partial charge in [0.15, 0.2) is 0 Å². The minimum atomic E-state index is 0.774. The van der Waals surface area contributed by atoms with Crippen LogP contribution in [0.2, 0.25) is 0 Å². The third kappa shape index (κ3) is 1.99. The van der Waals surface area contributed by atoms with Crippen molar-refractivity contribution >= 4 is 11.4 Å². The van der Waals surface area contributed by atoms with E-state index in [2.05, 4.69) is 10.5 Å². The zero-order valence-corrected chi connectivity index (χ0v) is 7.33. The van der Waals surface area contributed by atoms with Gasteiger partial charge in [0.25, 0.3) is 0 Å². The molecule has 0 radical (unpaired) electrons. The van der Waals surface area contributed by atoms with Gasteiger partial charge in [-0.1, -0.05) is 12.1 Å². The monoisotopic (exact) mass is 163 g/mol. The molecule has 0 aliphatic carbocycles. The van der Waals surface area contributed by atoms with Crippen molar-refractivity contribution in [2.45, 2.75) is 6.92 Å². The molecular formula is C9H13N3. The van der Waals surface area contributed by atoms with Gasteiger partial charge in [0.1, 0.15) is 0 Å². The molecule has 1 aromatic rings. The van der Waals surface area contributed by atoms with Crippen molar-refractivity contribution in [3.8, 4) is 0 Å². The summed E-state index contributed by atoms with van der Waals surface area (Å²) in [7, 11) is 1.78. The van der Waals surface area contributed by atoms with Crippen molar-refractivity contribution in [2.75, 3.05) is 12.8 Å². The van der Waals surface area contributed by atoms with Crippen molar-refractivity contribution < 1.29 is 0 Å². The van der Waals surface area contributed by atoms with Gasteiger partial charge in [0.2, 0.25) is 0 Å². The molecule has 0 bridgehead atoms. The van der Waals surface area contributed by atoms with Crippen molar-refractivity contribution in [1.29, 1.82) is 0 Å². The highest BCUT2D eigenvalue weighted by molar-refractivity contribution is 5.98. The molecule has 3 heteroatoms. The van der Waals surface area contributed by atoms with Gasteiger partial charge in [-0.25, -0.2) is 0 Å². The Morgan fingerprint density at radius 3 is 2.42 bits per heavy atom. The maximum Gasteiger partial charge on any atom is 0.0644 e. The number of rotatable bonds is 2. The Bertz CT molecular complexity index is 274. The molecule has 0 aromatic heterocycles. The summed E-state index contributed by atoms with van der Waals surface area (Å²) in [4.78, 5) is 0. The van der Waals surface area contributed by atoms with Crippen LogP contribution in [0.15, 0.2) is 29.4 Å². The topological polar surface area (TPSA) is 50.4 Å². The molecule has 3 N–H and O–H groups in total. The smallest absolute Gasteiger partial charge is 0.0644 e. The zero-order chi connectivity index (χ0) is 8.97. The van der Waals surface area contributed by atoms with E-state index in [1.54, 1.807) is 7.05 Å². The first kappa shape index (κ1) is 8.59. The van der Waals surface area contributed by atoms with Crippen LogP contribution in [-0.4, -0.2) is 12.8 Å². The molecule has 1 rings (SSSR count). The lowest BCUT2D eigenvalue weighted by Crippen LogP contribution is -2.02. The molecule has 0 saturated carbocycles. The quantitative estimate of drug-likeness (QED) is 0.391. The van der Waals surface area contributed by atoms with E-state index in [1.807, 2.05) is 31.2 Å². The predicted molar refractivity (Wildman–Crippen MR) is 52.1 cm³/mol. The summed E-state index contributed by atoms with van der Waals surface area (Å²) in [6.45, 7) is 1.95. The van der Waals surface area contributed by atoms with E-state index in [0.29, 0.717) is 0 Å². The summed E-state index contributed by atoms with van der Waals surface area (Å²) in [6.07, 6.45) is 0. The fraction of sp³-hybridized carbons (Fsp3) is 0.222. The van der Waals surface area contributed by atoms with E-state index < -0.39 is 0 Å². The summed E-state index contributed by atoms with van der Waals surface area (Å²) in [5.41, 5.74) is 11.1. The molecule has 0 saturated heterocycles. The number of nitrogens with one attached hydrogen (secondary N) is 1. The first-order chi connectivity index (χ1) is 5.74. The zero-order valence-electron chi connectivity index (χ0n) is 7.33. The van der Waals surface area contributed by atoms with Crippen LogP contribution < -0.4 is 11.2 Å². The van der Waals surface area contributed by atoms with Crippen molar-refractivity contribution in [3.05, 3.63) is 29.8 Å². The molecule has 0 aliphatic rings. The molecule has 12 heavy (non-hydrogen) atoms. The molecule has 0 atom stereocenters. The third-order valence-electron chi connectivity index (χ3n) is 1.61.